The summed E-state index contributed by atoms with van der Waals surface area (Å²) in [6, 6.07) is 5.21. The second kappa shape index (κ2) is 7.13. The second-order valence-corrected chi connectivity index (χ2v) is 9.48. The van der Waals surface area contributed by atoms with Crippen LogP contribution in [-0.4, -0.2) is 36.3 Å². The Hall–Kier alpha value is -3.26. The molecule has 3 atom stereocenters. The van der Waals surface area contributed by atoms with Gasteiger partial charge in [-0.3, -0.25) is 9.98 Å². The summed E-state index contributed by atoms with van der Waals surface area (Å²) in [5, 5.41) is 9.08. The Balaban J connectivity index is 1.54. The number of nitriles is 1. The summed E-state index contributed by atoms with van der Waals surface area (Å²) in [6.45, 7) is 1.63. The number of alkyl halides is 2. The van der Waals surface area contributed by atoms with Gasteiger partial charge >= 0.3 is 0 Å². The average molecular weight is 455 g/mol. The molecule has 162 valence electrons. The van der Waals surface area contributed by atoms with Gasteiger partial charge in [0.15, 0.2) is 5.17 Å². The smallest absolute Gasteiger partial charge is 0.253 e. The molecule has 0 bridgehead atoms. The van der Waals surface area contributed by atoms with Gasteiger partial charge in [-0.25, -0.2) is 23.7 Å². The van der Waals surface area contributed by atoms with Gasteiger partial charge < -0.3 is 5.73 Å². The lowest BCUT2D eigenvalue weighted by molar-refractivity contribution is 0.123. The van der Waals surface area contributed by atoms with E-state index in [4.69, 9.17) is 11.0 Å². The van der Waals surface area contributed by atoms with E-state index in [1.807, 2.05) is 6.07 Å². The zero-order valence-electron chi connectivity index (χ0n) is 16.8. The van der Waals surface area contributed by atoms with E-state index >= 15 is 0 Å². The number of amidine groups is 1. The lowest BCUT2D eigenvalue weighted by Crippen LogP contribution is -2.39. The van der Waals surface area contributed by atoms with Crippen LogP contribution in [0.4, 0.5) is 13.2 Å². The molecular weight excluding hydrogens is 439 g/mol. The number of nitrogens with two attached hydrogens (primary N) is 1. The van der Waals surface area contributed by atoms with Gasteiger partial charge in [-0.05, 0) is 31.0 Å². The molecule has 11 heteroatoms. The van der Waals surface area contributed by atoms with Crippen LogP contribution in [-0.2, 0) is 12.0 Å². The lowest BCUT2D eigenvalue weighted by Gasteiger charge is -2.33. The first-order chi connectivity index (χ1) is 15.3. The van der Waals surface area contributed by atoms with Gasteiger partial charge in [0.25, 0.3) is 6.43 Å². The van der Waals surface area contributed by atoms with Gasteiger partial charge in [0.1, 0.15) is 17.9 Å². The number of nitrogens with zero attached hydrogens (tertiary/aromatic N) is 6. The maximum absolute atomic E-state index is 14.8. The van der Waals surface area contributed by atoms with Crippen molar-refractivity contribution in [2.75, 3.05) is 0 Å². The number of aromatic nitrogens is 4. The zero-order chi connectivity index (χ0) is 22.7. The van der Waals surface area contributed by atoms with Gasteiger partial charge in [-0.15, -0.1) is 0 Å². The third-order valence-corrected chi connectivity index (χ3v) is 7.44. The fraction of sp³-hybridized carbons (Fsp3) is 0.333. The molecule has 5 rings (SSSR count). The largest absolute Gasteiger partial charge is 0.378 e. The molecule has 1 fully saturated rings. The monoisotopic (exact) mass is 455 g/mol. The summed E-state index contributed by atoms with van der Waals surface area (Å²) in [7, 11) is 0. The summed E-state index contributed by atoms with van der Waals surface area (Å²) >= 11 is 0.872. The molecule has 1 saturated carbocycles. The summed E-state index contributed by atoms with van der Waals surface area (Å²) < 4.78 is 41.0. The lowest BCUT2D eigenvalue weighted by atomic mass is 9.86. The van der Waals surface area contributed by atoms with Crippen LogP contribution in [0.1, 0.15) is 35.7 Å². The number of hydrogen-bond donors (Lipinski definition) is 1. The van der Waals surface area contributed by atoms with E-state index in [2.05, 4.69) is 24.9 Å². The Labute approximate surface area is 185 Å². The van der Waals surface area contributed by atoms with Crippen LogP contribution in [0.2, 0.25) is 0 Å². The Morgan fingerprint density at radius 1 is 1.25 bits per heavy atom. The van der Waals surface area contributed by atoms with E-state index < -0.39 is 28.6 Å². The van der Waals surface area contributed by atoms with Gasteiger partial charge in [0, 0.05) is 30.3 Å². The first-order valence-electron chi connectivity index (χ1n) is 9.74. The fourth-order valence-electron chi connectivity index (χ4n) is 4.43. The Kier molecular flexibility index (Phi) is 4.60. The van der Waals surface area contributed by atoms with Crippen LogP contribution in [0, 0.1) is 23.2 Å². The number of thioether (sulfide) groups is 1. The van der Waals surface area contributed by atoms with E-state index in [9.17, 15) is 13.2 Å². The predicted octanol–water partition coefficient (Wildman–Crippen LogP) is 3.32. The maximum Gasteiger partial charge on any atom is 0.253 e. The molecule has 0 radical (unpaired) electrons. The third-order valence-electron chi connectivity index (χ3n) is 6.13. The van der Waals surface area contributed by atoms with Crippen molar-refractivity contribution in [3.05, 3.63) is 59.2 Å². The van der Waals surface area contributed by atoms with Crippen LogP contribution in [0.3, 0.4) is 0 Å². The number of rotatable bonds is 4. The first kappa shape index (κ1) is 20.6. The molecule has 3 aromatic rings. The van der Waals surface area contributed by atoms with Gasteiger partial charge in [-0.1, -0.05) is 11.8 Å². The van der Waals surface area contributed by atoms with Crippen molar-refractivity contribution in [1.82, 2.24) is 19.9 Å². The number of halogens is 3. The molecule has 0 spiro atoms. The van der Waals surface area contributed by atoms with E-state index in [1.54, 1.807) is 19.1 Å². The van der Waals surface area contributed by atoms with Gasteiger partial charge in [0.2, 0.25) is 5.95 Å². The third kappa shape index (κ3) is 3.09. The molecular formula is C21H16F3N7S. The highest BCUT2D eigenvalue weighted by molar-refractivity contribution is 8.15. The molecule has 2 aliphatic rings. The second-order valence-electron chi connectivity index (χ2n) is 8.09. The normalized spacial score (nSPS) is 26.5. The van der Waals surface area contributed by atoms with Crippen molar-refractivity contribution in [3.63, 3.8) is 0 Å². The number of hydrogen-bond acceptors (Lipinski definition) is 8. The molecule has 32 heavy (non-hydrogen) atoms. The Morgan fingerprint density at radius 3 is 2.81 bits per heavy atom. The fourth-order valence-corrected chi connectivity index (χ4v) is 5.76. The van der Waals surface area contributed by atoms with Crippen molar-refractivity contribution in [3.8, 4) is 6.07 Å². The highest BCUT2D eigenvalue weighted by atomic mass is 32.2. The summed E-state index contributed by atoms with van der Waals surface area (Å²) in [6.07, 6.45) is 2.02. The van der Waals surface area contributed by atoms with E-state index in [-0.39, 0.29) is 23.6 Å². The Bertz CT molecular complexity index is 1320. The minimum Gasteiger partial charge on any atom is -0.378 e. The molecule has 0 saturated heterocycles. The number of aliphatic imine (C=N–C) groups is 1. The summed E-state index contributed by atoms with van der Waals surface area (Å²) in [5.74, 6) is -1.32. The van der Waals surface area contributed by atoms with Crippen molar-refractivity contribution in [2.24, 2.45) is 16.6 Å². The minimum atomic E-state index is -2.60. The molecule has 1 aliphatic carbocycles. The van der Waals surface area contributed by atoms with Crippen molar-refractivity contribution in [1.29, 1.82) is 5.26 Å². The number of pyridine rings is 2. The highest BCUT2D eigenvalue weighted by Gasteiger charge is 2.71. The van der Waals surface area contributed by atoms with Crippen LogP contribution in [0.25, 0.3) is 11.0 Å². The standard InChI is InChI=1S/C21H16F3N7S/c1-20(15-5-21(15,18(23)24)32-19(26)31-20)12-2-10(7-28-17(12)22)3-13-16-14(30-9-29-13)4-11(6-25)8-27-16/h2,4,7-9,15,18H,3,5H2,1H3,(H2,26,31)/t15-,20+,21-/m0/s1. The first-order valence-corrected chi connectivity index (χ1v) is 10.6. The zero-order valence-corrected chi connectivity index (χ0v) is 17.6. The molecule has 0 amide bonds. The van der Waals surface area contributed by atoms with Crippen LogP contribution in [0.5, 0.6) is 0 Å². The molecule has 7 nitrogen and oxygen atoms in total. The topological polar surface area (TPSA) is 114 Å². The molecule has 1 aliphatic heterocycles. The quantitative estimate of drug-likeness (QED) is 0.600. The number of fused-ring (bicyclic) bond motifs is 2. The predicted molar refractivity (Wildman–Crippen MR) is 112 cm³/mol. The summed E-state index contributed by atoms with van der Waals surface area (Å²) in [5.41, 5.74) is 7.34. The maximum atomic E-state index is 14.8. The van der Waals surface area contributed by atoms with Crippen molar-refractivity contribution >= 4 is 28.0 Å². The average Bonchev–Trinajstić information content (AvgIpc) is 3.52. The van der Waals surface area contributed by atoms with Crippen LogP contribution < -0.4 is 5.73 Å². The van der Waals surface area contributed by atoms with Gasteiger partial charge in [0.05, 0.1) is 27.1 Å². The van der Waals surface area contributed by atoms with Crippen molar-refractivity contribution in [2.45, 2.75) is 36.5 Å². The molecule has 4 heterocycles. The van der Waals surface area contributed by atoms with Crippen LogP contribution in [0.15, 0.2) is 35.8 Å². The van der Waals surface area contributed by atoms with E-state index in [0.29, 0.717) is 27.9 Å². The molecule has 2 N–H and O–H groups in total. The van der Waals surface area contributed by atoms with Gasteiger partial charge in [-0.2, -0.15) is 9.65 Å². The van der Waals surface area contributed by atoms with Crippen molar-refractivity contribution < 1.29 is 13.2 Å². The molecule has 3 aromatic heterocycles. The Morgan fingerprint density at radius 2 is 2.06 bits per heavy atom. The molecule has 0 unspecified atom stereocenters. The van der Waals surface area contributed by atoms with E-state index in [1.165, 1.54) is 18.7 Å². The summed E-state index contributed by atoms with van der Waals surface area (Å²) in [4.78, 5) is 21.0. The SMILES string of the molecule is C[C@]1(c2cc(Cc3ncnc4cc(C#N)cnc34)cnc2F)N=C(N)S[C@@]2(C(F)F)C[C@@H]12. The van der Waals surface area contributed by atoms with E-state index in [0.717, 1.165) is 11.8 Å². The highest BCUT2D eigenvalue weighted by Crippen LogP contribution is 2.68. The van der Waals surface area contributed by atoms with Crippen LogP contribution >= 0.6 is 11.8 Å². The minimum absolute atomic E-state index is 0.0191. The molecule has 0 aromatic carbocycles.